The van der Waals surface area contributed by atoms with Gasteiger partial charge in [-0.2, -0.15) is 0 Å². The molecule has 3 aromatic rings. The number of halogens is 1. The lowest BCUT2D eigenvalue weighted by Crippen LogP contribution is -2.26. The minimum Gasteiger partial charge on any atom is -0.487 e. The van der Waals surface area contributed by atoms with E-state index >= 15 is 0 Å². The molecule has 3 N–H and O–H groups in total. The van der Waals surface area contributed by atoms with Crippen molar-refractivity contribution >= 4 is 22.8 Å². The highest BCUT2D eigenvalue weighted by Crippen LogP contribution is 2.32. The number of nitrogens with two attached hydrogens (primary N) is 1. The summed E-state index contributed by atoms with van der Waals surface area (Å²) >= 11 is 0. The van der Waals surface area contributed by atoms with Gasteiger partial charge in [-0.05, 0) is 23.8 Å². The van der Waals surface area contributed by atoms with Crippen molar-refractivity contribution in [2.75, 3.05) is 20.3 Å². The number of fused-ring (bicyclic) bond motifs is 1. The van der Waals surface area contributed by atoms with Crippen molar-refractivity contribution in [3.63, 3.8) is 0 Å². The molecule has 1 aromatic carbocycles. The molecular weight excluding hydrogens is 371 g/mol. The molecule has 150 valence electrons. The first-order valence-electron chi connectivity index (χ1n) is 9.55. The molecule has 2 aromatic heterocycles. The van der Waals surface area contributed by atoms with Crippen LogP contribution in [0, 0.1) is 5.82 Å². The number of benzene rings is 1. The molecule has 0 bridgehead atoms. The number of hydrogen-bond acceptors (Lipinski definition) is 5. The third-order valence-corrected chi connectivity index (χ3v) is 5.02. The Bertz CT molecular complexity index is 1070. The van der Waals surface area contributed by atoms with E-state index in [-0.39, 0.29) is 17.7 Å². The second-order valence-electron chi connectivity index (χ2n) is 6.91. The normalized spacial score (nSPS) is 16.0. The predicted molar refractivity (Wildman–Crippen MR) is 113 cm³/mol. The maximum Gasteiger partial charge on any atom is 0.165 e. The van der Waals surface area contributed by atoms with Gasteiger partial charge in [0.05, 0.1) is 13.2 Å². The molecule has 0 unspecified atom stereocenters. The quantitative estimate of drug-likeness (QED) is 0.642. The van der Waals surface area contributed by atoms with Gasteiger partial charge in [0.15, 0.2) is 11.6 Å². The van der Waals surface area contributed by atoms with E-state index in [1.807, 2.05) is 18.3 Å². The van der Waals surface area contributed by atoms with Gasteiger partial charge in [-0.1, -0.05) is 6.07 Å². The smallest absolute Gasteiger partial charge is 0.165 e. The van der Waals surface area contributed by atoms with E-state index in [1.165, 1.54) is 12.3 Å². The van der Waals surface area contributed by atoms with Crippen LogP contribution in [0.25, 0.3) is 27.7 Å². The number of hydrogen-bond donors (Lipinski definition) is 2. The fraction of sp³-hybridized carbons (Fsp3) is 0.273. The lowest BCUT2D eigenvalue weighted by molar-refractivity contribution is 0.0240. The van der Waals surface area contributed by atoms with E-state index in [4.69, 9.17) is 15.2 Å². The first-order valence-corrected chi connectivity index (χ1v) is 9.55. The van der Waals surface area contributed by atoms with Crippen LogP contribution in [0.1, 0.15) is 18.4 Å². The van der Waals surface area contributed by atoms with Crippen LogP contribution in [0.15, 0.2) is 47.9 Å². The SMILES string of the molecule is CN=CC(=CN)c1cnc2[nH]cc(-c3ccc(OC4CCOCC4)c(F)c3)c2c1. The summed E-state index contributed by atoms with van der Waals surface area (Å²) in [6, 6.07) is 7.02. The van der Waals surface area contributed by atoms with Gasteiger partial charge < -0.3 is 20.2 Å². The number of H-pyrrole nitrogens is 1. The molecule has 0 atom stereocenters. The van der Waals surface area contributed by atoms with Gasteiger partial charge >= 0.3 is 0 Å². The van der Waals surface area contributed by atoms with Gasteiger partial charge in [0.25, 0.3) is 0 Å². The van der Waals surface area contributed by atoms with Crippen LogP contribution >= 0.6 is 0 Å². The number of nitrogens with zero attached hydrogens (tertiary/aromatic N) is 2. The van der Waals surface area contributed by atoms with Gasteiger partial charge in [-0.15, -0.1) is 0 Å². The monoisotopic (exact) mass is 394 g/mol. The fourth-order valence-corrected chi connectivity index (χ4v) is 3.49. The number of pyridine rings is 1. The van der Waals surface area contributed by atoms with Crippen LogP contribution in [-0.2, 0) is 4.74 Å². The Morgan fingerprint density at radius 1 is 1.34 bits per heavy atom. The Morgan fingerprint density at radius 3 is 2.90 bits per heavy atom. The van der Waals surface area contributed by atoms with Crippen molar-refractivity contribution in [1.29, 1.82) is 0 Å². The average molecular weight is 394 g/mol. The van der Waals surface area contributed by atoms with Crippen molar-refractivity contribution in [2.24, 2.45) is 10.7 Å². The largest absolute Gasteiger partial charge is 0.487 e. The number of aromatic amines is 1. The minimum atomic E-state index is -0.381. The highest BCUT2D eigenvalue weighted by atomic mass is 19.1. The lowest BCUT2D eigenvalue weighted by atomic mass is 10.0. The van der Waals surface area contributed by atoms with Gasteiger partial charge in [-0.3, -0.25) is 4.99 Å². The van der Waals surface area contributed by atoms with E-state index < -0.39 is 0 Å². The molecule has 0 saturated carbocycles. The number of aliphatic imine (C=N–C) groups is 1. The Hall–Kier alpha value is -3.19. The molecule has 0 spiro atoms. The molecule has 1 saturated heterocycles. The second kappa shape index (κ2) is 8.45. The highest BCUT2D eigenvalue weighted by Gasteiger charge is 2.18. The number of nitrogens with one attached hydrogen (secondary N) is 1. The summed E-state index contributed by atoms with van der Waals surface area (Å²) in [4.78, 5) is 11.6. The molecule has 6 nitrogen and oxygen atoms in total. The summed E-state index contributed by atoms with van der Waals surface area (Å²) in [5.74, 6) is -0.111. The third kappa shape index (κ3) is 4.00. The first kappa shape index (κ1) is 19.1. The number of aromatic nitrogens is 2. The van der Waals surface area contributed by atoms with E-state index in [2.05, 4.69) is 15.0 Å². The first-order chi connectivity index (χ1) is 14.2. The van der Waals surface area contributed by atoms with Crippen molar-refractivity contribution in [3.05, 3.63) is 54.2 Å². The van der Waals surface area contributed by atoms with Gasteiger partial charge in [-0.25, -0.2) is 9.37 Å². The zero-order valence-electron chi connectivity index (χ0n) is 16.2. The van der Waals surface area contributed by atoms with Crippen LogP contribution < -0.4 is 10.5 Å². The van der Waals surface area contributed by atoms with Crippen molar-refractivity contribution < 1.29 is 13.9 Å². The van der Waals surface area contributed by atoms with Gasteiger partial charge in [0.2, 0.25) is 0 Å². The number of ether oxygens (including phenoxy) is 2. The summed E-state index contributed by atoms with van der Waals surface area (Å²) in [7, 11) is 1.68. The molecule has 3 heterocycles. The molecule has 0 aliphatic carbocycles. The summed E-state index contributed by atoms with van der Waals surface area (Å²) in [6.07, 6.45) is 8.27. The highest BCUT2D eigenvalue weighted by molar-refractivity contribution is 6.10. The van der Waals surface area contributed by atoms with Crippen molar-refractivity contribution in [2.45, 2.75) is 18.9 Å². The summed E-state index contributed by atoms with van der Waals surface area (Å²) < 4.78 is 25.9. The van der Waals surface area contributed by atoms with Crippen molar-refractivity contribution in [1.82, 2.24) is 9.97 Å². The zero-order valence-corrected chi connectivity index (χ0v) is 16.2. The Morgan fingerprint density at radius 2 is 2.17 bits per heavy atom. The van der Waals surface area contributed by atoms with Crippen LogP contribution in [0.3, 0.4) is 0 Å². The van der Waals surface area contributed by atoms with Gasteiger partial charge in [0.1, 0.15) is 11.8 Å². The molecule has 4 rings (SSSR count). The Labute approximate surface area is 168 Å². The zero-order chi connectivity index (χ0) is 20.2. The Balaban J connectivity index is 1.66. The standard InChI is InChI=1S/C22H23FN4O2/c1-25-11-16(10-24)15-8-18-19(13-27-22(18)26-12-15)14-2-3-21(20(23)9-14)29-17-4-6-28-7-5-17/h2-3,8-13,17H,4-7,24H2,1H3,(H,26,27). The molecule has 1 aliphatic heterocycles. The lowest BCUT2D eigenvalue weighted by Gasteiger charge is -2.23. The van der Waals surface area contributed by atoms with E-state index in [9.17, 15) is 4.39 Å². The predicted octanol–water partition coefficient (Wildman–Crippen LogP) is 3.93. The average Bonchev–Trinajstić information content (AvgIpc) is 3.17. The molecule has 29 heavy (non-hydrogen) atoms. The van der Waals surface area contributed by atoms with E-state index in [0.717, 1.165) is 46.1 Å². The van der Waals surface area contributed by atoms with Crippen LogP contribution in [0.5, 0.6) is 5.75 Å². The Kier molecular flexibility index (Phi) is 5.57. The van der Waals surface area contributed by atoms with Crippen molar-refractivity contribution in [3.8, 4) is 16.9 Å². The maximum atomic E-state index is 14.7. The molecule has 0 radical (unpaired) electrons. The van der Waals surface area contributed by atoms with E-state index in [1.54, 1.807) is 25.5 Å². The van der Waals surface area contributed by atoms with Crippen LogP contribution in [-0.4, -0.2) is 42.5 Å². The minimum absolute atomic E-state index is 0.00866. The van der Waals surface area contributed by atoms with Crippen LogP contribution in [0.2, 0.25) is 0 Å². The van der Waals surface area contributed by atoms with Crippen LogP contribution in [0.4, 0.5) is 4.39 Å². The summed E-state index contributed by atoms with van der Waals surface area (Å²) in [6.45, 7) is 1.30. The molecular formula is C22H23FN4O2. The third-order valence-electron chi connectivity index (χ3n) is 5.02. The summed E-state index contributed by atoms with van der Waals surface area (Å²) in [5, 5.41) is 0.879. The maximum absolute atomic E-state index is 14.7. The topological polar surface area (TPSA) is 85.5 Å². The molecule has 0 amide bonds. The second-order valence-corrected chi connectivity index (χ2v) is 6.91. The fourth-order valence-electron chi connectivity index (χ4n) is 3.49. The number of rotatable bonds is 5. The number of allylic oxidation sites excluding steroid dienone is 1. The van der Waals surface area contributed by atoms with E-state index in [0.29, 0.717) is 13.2 Å². The molecule has 7 heteroatoms. The summed E-state index contributed by atoms with van der Waals surface area (Å²) in [5.41, 5.74) is 9.64. The molecule has 1 fully saturated rings. The molecule has 1 aliphatic rings. The van der Waals surface area contributed by atoms with Gasteiger partial charge in [0, 0.05) is 66.8 Å².